The van der Waals surface area contributed by atoms with E-state index < -0.39 is 5.60 Å². The summed E-state index contributed by atoms with van der Waals surface area (Å²) in [4.78, 5) is 3.86. The predicted octanol–water partition coefficient (Wildman–Crippen LogP) is 4.94. The van der Waals surface area contributed by atoms with Crippen LogP contribution < -0.4 is 4.74 Å². The van der Waals surface area contributed by atoms with E-state index in [-0.39, 0.29) is 6.54 Å². The number of nitrogens with zero attached hydrogens (tertiary/aromatic N) is 3. The van der Waals surface area contributed by atoms with Crippen LogP contribution in [0.4, 0.5) is 0 Å². The Morgan fingerprint density at radius 1 is 1.12 bits per heavy atom. The fourth-order valence-corrected chi connectivity index (χ4v) is 3.22. The first-order chi connectivity index (χ1) is 11.8. The van der Waals surface area contributed by atoms with Crippen molar-refractivity contribution in [3.05, 3.63) is 69.7 Å². The molecule has 130 valence electrons. The van der Waals surface area contributed by atoms with E-state index in [1.54, 1.807) is 43.3 Å². The Morgan fingerprint density at radius 3 is 2.56 bits per heavy atom. The summed E-state index contributed by atoms with van der Waals surface area (Å²) in [5.74, 6) is 0.957. The fourth-order valence-electron chi connectivity index (χ4n) is 2.40. The van der Waals surface area contributed by atoms with Crippen molar-refractivity contribution in [1.29, 1.82) is 0 Å². The summed E-state index contributed by atoms with van der Waals surface area (Å²) in [6, 6.07) is 9.99. The van der Waals surface area contributed by atoms with Gasteiger partial charge in [-0.05, 0) is 37.3 Å². The molecule has 0 aliphatic heterocycles. The van der Waals surface area contributed by atoms with Crippen molar-refractivity contribution in [1.82, 2.24) is 14.8 Å². The maximum absolute atomic E-state index is 10.7. The minimum absolute atomic E-state index is 0.218. The number of aliphatic hydroxyl groups is 1. The van der Waals surface area contributed by atoms with Crippen molar-refractivity contribution >= 4 is 34.8 Å². The molecular weight excluding hydrogens is 385 g/mol. The van der Waals surface area contributed by atoms with Gasteiger partial charge in [0.1, 0.15) is 29.8 Å². The summed E-state index contributed by atoms with van der Waals surface area (Å²) in [6.45, 7) is 1.88. The summed E-state index contributed by atoms with van der Waals surface area (Å²) >= 11 is 18.3. The third-order valence-corrected chi connectivity index (χ3v) is 4.42. The summed E-state index contributed by atoms with van der Waals surface area (Å²) in [7, 11) is 0. The topological polar surface area (TPSA) is 60.2 Å². The highest BCUT2D eigenvalue weighted by Gasteiger charge is 2.27. The van der Waals surface area contributed by atoms with Crippen LogP contribution in [-0.2, 0) is 12.1 Å². The lowest BCUT2D eigenvalue weighted by Gasteiger charge is -2.25. The maximum atomic E-state index is 10.7. The molecule has 5 nitrogen and oxygen atoms in total. The smallest absolute Gasteiger partial charge is 0.146 e. The highest BCUT2D eigenvalue weighted by molar-refractivity contribution is 6.35. The Morgan fingerprint density at radius 2 is 1.92 bits per heavy atom. The SMILES string of the molecule is CC(O)(Cn1cncn1)c1ccc(Oc2ccc(Cl)cc2Cl)cc1Cl. The largest absolute Gasteiger partial charge is 0.456 e. The Balaban J connectivity index is 1.82. The van der Waals surface area contributed by atoms with Crippen LogP contribution in [0.1, 0.15) is 12.5 Å². The van der Waals surface area contributed by atoms with Gasteiger partial charge >= 0.3 is 0 Å². The molecule has 0 amide bonds. The van der Waals surface area contributed by atoms with Crippen LogP contribution in [0.25, 0.3) is 0 Å². The van der Waals surface area contributed by atoms with Crippen LogP contribution in [0, 0.1) is 0 Å². The third kappa shape index (κ3) is 4.25. The lowest BCUT2D eigenvalue weighted by atomic mass is 9.96. The number of hydrogen-bond acceptors (Lipinski definition) is 4. The molecule has 1 heterocycles. The summed E-state index contributed by atoms with van der Waals surface area (Å²) in [5, 5.41) is 16.0. The van der Waals surface area contributed by atoms with E-state index >= 15 is 0 Å². The Labute approximate surface area is 159 Å². The minimum Gasteiger partial charge on any atom is -0.456 e. The molecule has 1 N–H and O–H groups in total. The molecule has 8 heteroatoms. The Bertz CT molecular complexity index is 883. The van der Waals surface area contributed by atoms with Crippen LogP contribution in [-0.4, -0.2) is 19.9 Å². The quantitative estimate of drug-likeness (QED) is 0.661. The average molecular weight is 399 g/mol. The lowest BCUT2D eigenvalue weighted by Crippen LogP contribution is -2.28. The fraction of sp³-hybridized carbons (Fsp3) is 0.176. The van der Waals surface area contributed by atoms with Crippen molar-refractivity contribution in [3.8, 4) is 11.5 Å². The lowest BCUT2D eigenvalue weighted by molar-refractivity contribution is 0.0346. The van der Waals surface area contributed by atoms with Crippen molar-refractivity contribution in [2.45, 2.75) is 19.1 Å². The molecule has 1 unspecified atom stereocenters. The Hall–Kier alpha value is -1.79. The van der Waals surface area contributed by atoms with E-state index in [9.17, 15) is 5.11 Å². The second kappa shape index (κ2) is 7.22. The van der Waals surface area contributed by atoms with Crippen LogP contribution in [0.3, 0.4) is 0 Å². The van der Waals surface area contributed by atoms with Crippen LogP contribution in [0.2, 0.25) is 15.1 Å². The van der Waals surface area contributed by atoms with Gasteiger partial charge in [0, 0.05) is 10.6 Å². The number of halogens is 3. The average Bonchev–Trinajstić information content (AvgIpc) is 3.02. The molecule has 1 atom stereocenters. The molecule has 0 spiro atoms. The van der Waals surface area contributed by atoms with Crippen molar-refractivity contribution in [3.63, 3.8) is 0 Å². The van der Waals surface area contributed by atoms with Gasteiger partial charge < -0.3 is 9.84 Å². The molecular formula is C17H14Cl3N3O2. The van der Waals surface area contributed by atoms with E-state index in [0.717, 1.165) is 0 Å². The van der Waals surface area contributed by atoms with E-state index in [1.807, 2.05) is 0 Å². The molecule has 0 saturated carbocycles. The van der Waals surface area contributed by atoms with E-state index in [0.29, 0.717) is 32.1 Å². The van der Waals surface area contributed by atoms with Gasteiger partial charge in [0.05, 0.1) is 16.6 Å². The molecule has 0 saturated heterocycles. The second-order valence-electron chi connectivity index (χ2n) is 5.69. The number of ether oxygens (including phenoxy) is 1. The van der Waals surface area contributed by atoms with Gasteiger partial charge in [0.15, 0.2) is 0 Å². The zero-order chi connectivity index (χ0) is 18.0. The highest BCUT2D eigenvalue weighted by atomic mass is 35.5. The highest BCUT2D eigenvalue weighted by Crippen LogP contribution is 2.36. The van der Waals surface area contributed by atoms with Crippen LogP contribution >= 0.6 is 34.8 Å². The van der Waals surface area contributed by atoms with Gasteiger partial charge in [-0.15, -0.1) is 0 Å². The molecule has 25 heavy (non-hydrogen) atoms. The number of aromatic nitrogens is 3. The first-order valence-electron chi connectivity index (χ1n) is 7.33. The van der Waals surface area contributed by atoms with Crippen molar-refractivity contribution < 1.29 is 9.84 Å². The molecule has 0 aliphatic carbocycles. The first-order valence-corrected chi connectivity index (χ1v) is 8.46. The number of hydrogen-bond donors (Lipinski definition) is 1. The monoisotopic (exact) mass is 397 g/mol. The van der Waals surface area contributed by atoms with E-state index in [1.165, 1.54) is 17.3 Å². The molecule has 1 aromatic heterocycles. The zero-order valence-electron chi connectivity index (χ0n) is 13.2. The zero-order valence-corrected chi connectivity index (χ0v) is 15.4. The van der Waals surface area contributed by atoms with Gasteiger partial charge in [-0.25, -0.2) is 9.67 Å². The molecule has 3 rings (SSSR count). The third-order valence-electron chi connectivity index (χ3n) is 3.58. The minimum atomic E-state index is -1.22. The molecule has 0 aliphatic rings. The predicted molar refractivity (Wildman–Crippen MR) is 97.6 cm³/mol. The second-order valence-corrected chi connectivity index (χ2v) is 6.94. The van der Waals surface area contributed by atoms with Gasteiger partial charge in [0.2, 0.25) is 0 Å². The normalized spacial score (nSPS) is 13.5. The van der Waals surface area contributed by atoms with Crippen LogP contribution in [0.15, 0.2) is 49.1 Å². The van der Waals surface area contributed by atoms with Crippen LogP contribution in [0.5, 0.6) is 11.5 Å². The molecule has 3 aromatic rings. The van der Waals surface area contributed by atoms with Gasteiger partial charge in [-0.3, -0.25) is 0 Å². The van der Waals surface area contributed by atoms with Crippen molar-refractivity contribution in [2.75, 3.05) is 0 Å². The van der Waals surface area contributed by atoms with Gasteiger partial charge in [0.25, 0.3) is 0 Å². The molecule has 0 radical (unpaired) electrons. The summed E-state index contributed by atoms with van der Waals surface area (Å²) in [5.41, 5.74) is -0.666. The Kier molecular flexibility index (Phi) is 5.20. The molecule has 0 bridgehead atoms. The van der Waals surface area contributed by atoms with Gasteiger partial charge in [-0.1, -0.05) is 40.9 Å². The van der Waals surface area contributed by atoms with Gasteiger partial charge in [-0.2, -0.15) is 5.10 Å². The standard InChI is InChI=1S/C17H14Cl3N3O2/c1-17(24,8-23-10-21-9-22-23)13-4-3-12(7-14(13)19)25-16-5-2-11(18)6-15(16)20/h2-7,9-10,24H,8H2,1H3. The molecule has 2 aromatic carbocycles. The number of benzene rings is 2. The first kappa shape index (κ1) is 18.0. The van der Waals surface area contributed by atoms with Crippen molar-refractivity contribution in [2.24, 2.45) is 0 Å². The number of rotatable bonds is 5. The van der Waals surface area contributed by atoms with E-state index in [2.05, 4.69) is 10.1 Å². The summed E-state index contributed by atoms with van der Waals surface area (Å²) in [6.07, 6.45) is 2.94. The molecule has 0 fully saturated rings. The van der Waals surface area contributed by atoms with E-state index in [4.69, 9.17) is 39.5 Å². The maximum Gasteiger partial charge on any atom is 0.146 e. The summed E-state index contributed by atoms with van der Waals surface area (Å²) < 4.78 is 7.27.